The van der Waals surface area contributed by atoms with Crippen LogP contribution in [0.4, 0.5) is 10.5 Å². The number of hydrogen-bond donors (Lipinski definition) is 1. The molecular weight excluding hydrogens is 468 g/mol. The molecule has 3 aliphatic rings. The third kappa shape index (κ3) is 4.10. The van der Waals surface area contributed by atoms with Crippen LogP contribution in [0.2, 0.25) is 5.02 Å². The molecule has 1 aliphatic carbocycles. The fourth-order valence-corrected chi connectivity index (χ4v) is 6.06. The van der Waals surface area contributed by atoms with Gasteiger partial charge in [-0.3, -0.25) is 4.79 Å². The number of rotatable bonds is 7. The number of halogens is 1. The van der Waals surface area contributed by atoms with Crippen LogP contribution >= 0.6 is 11.6 Å². The lowest BCUT2D eigenvalue weighted by molar-refractivity contribution is -0.128. The molecule has 1 spiro atoms. The van der Waals surface area contributed by atoms with Crippen LogP contribution in [0.5, 0.6) is 0 Å². The van der Waals surface area contributed by atoms with E-state index in [-0.39, 0.29) is 31.7 Å². The fourth-order valence-electron chi connectivity index (χ4n) is 5.71. The Morgan fingerprint density at radius 1 is 1.23 bits per heavy atom. The maximum Gasteiger partial charge on any atom is 0.410 e. The topological polar surface area (TPSA) is 87.9 Å². The molecule has 0 saturated carbocycles. The highest BCUT2D eigenvalue weighted by Gasteiger charge is 2.60. The molecule has 0 radical (unpaired) electrons. The number of aliphatic hydroxyl groups is 1. The monoisotopic (exact) mass is 500 g/mol. The van der Waals surface area contributed by atoms with Gasteiger partial charge in [0.25, 0.3) is 0 Å². The van der Waals surface area contributed by atoms with E-state index in [1.54, 1.807) is 9.80 Å². The first kappa shape index (κ1) is 24.1. The van der Waals surface area contributed by atoms with Crippen LogP contribution in [-0.4, -0.2) is 57.4 Å². The summed E-state index contributed by atoms with van der Waals surface area (Å²) in [4.78, 5) is 34.7. The van der Waals surface area contributed by atoms with Crippen molar-refractivity contribution in [3.8, 4) is 0 Å². The number of benzene rings is 1. The van der Waals surface area contributed by atoms with Crippen LogP contribution < -0.4 is 4.90 Å². The Morgan fingerprint density at radius 3 is 2.74 bits per heavy atom. The van der Waals surface area contributed by atoms with E-state index in [0.717, 1.165) is 67.8 Å². The van der Waals surface area contributed by atoms with Gasteiger partial charge in [0.05, 0.1) is 24.0 Å². The van der Waals surface area contributed by atoms with Gasteiger partial charge in [0, 0.05) is 42.5 Å². The van der Waals surface area contributed by atoms with E-state index in [1.807, 2.05) is 32.0 Å². The molecule has 9 heteroatoms. The van der Waals surface area contributed by atoms with Gasteiger partial charge in [0.1, 0.15) is 11.2 Å². The Morgan fingerprint density at radius 2 is 2.00 bits per heavy atom. The quantitative estimate of drug-likeness (QED) is 0.584. The summed E-state index contributed by atoms with van der Waals surface area (Å²) in [5.41, 5.74) is 3.14. The van der Waals surface area contributed by atoms with E-state index in [1.165, 1.54) is 5.69 Å². The summed E-state index contributed by atoms with van der Waals surface area (Å²) in [6.07, 6.45) is 5.20. The number of amides is 2. The van der Waals surface area contributed by atoms with E-state index in [9.17, 15) is 14.7 Å². The minimum absolute atomic E-state index is 0.0444. The fraction of sp³-hybridized carbons (Fsp3) is 0.577. The standard InChI is InChI=1S/C26H33ClN4O4/c1-17(2)35-25(34)29-15-26(16-29)23-18(27)8-7-11-21(23)31(24(26)33)14-22-28-19-9-3-4-10-20(19)30(22)12-5-6-13-32/h7-8,11,17,32H,3-6,9-10,12-16H2,1-2H3. The van der Waals surface area contributed by atoms with Crippen molar-refractivity contribution in [2.75, 3.05) is 24.6 Å². The number of ether oxygens (including phenoxy) is 1. The van der Waals surface area contributed by atoms with Crippen molar-refractivity contribution in [1.82, 2.24) is 14.5 Å². The Bertz CT molecular complexity index is 1140. The normalized spacial score (nSPS) is 18.1. The van der Waals surface area contributed by atoms with E-state index in [4.69, 9.17) is 21.3 Å². The van der Waals surface area contributed by atoms with Crippen LogP contribution in [0.15, 0.2) is 18.2 Å². The predicted molar refractivity (Wildman–Crippen MR) is 133 cm³/mol. The zero-order chi connectivity index (χ0) is 24.7. The number of imidazole rings is 1. The number of aliphatic hydroxyl groups excluding tert-OH is 1. The highest BCUT2D eigenvalue weighted by Crippen LogP contribution is 2.51. The highest BCUT2D eigenvalue weighted by molar-refractivity contribution is 6.33. The molecule has 2 aliphatic heterocycles. The van der Waals surface area contributed by atoms with E-state index >= 15 is 0 Å². The molecule has 2 aromatic rings. The van der Waals surface area contributed by atoms with E-state index in [0.29, 0.717) is 11.6 Å². The maximum absolute atomic E-state index is 13.9. The molecule has 0 unspecified atom stereocenters. The highest BCUT2D eigenvalue weighted by atomic mass is 35.5. The van der Waals surface area contributed by atoms with Crippen molar-refractivity contribution in [3.05, 3.63) is 46.0 Å². The van der Waals surface area contributed by atoms with E-state index in [2.05, 4.69) is 4.57 Å². The lowest BCUT2D eigenvalue weighted by Gasteiger charge is -2.46. The number of carbonyl (C=O) groups excluding carboxylic acids is 2. The van der Waals surface area contributed by atoms with Crippen LogP contribution in [0.25, 0.3) is 0 Å². The zero-order valence-electron chi connectivity index (χ0n) is 20.4. The molecule has 2 amide bonds. The minimum Gasteiger partial charge on any atom is -0.447 e. The molecule has 1 saturated heterocycles. The molecule has 0 atom stereocenters. The number of nitrogens with zero attached hydrogens (tertiary/aromatic N) is 4. The number of unbranched alkanes of at least 4 members (excludes halogenated alkanes) is 1. The van der Waals surface area contributed by atoms with Crippen LogP contribution in [-0.2, 0) is 40.9 Å². The lowest BCUT2D eigenvalue weighted by atomic mass is 9.75. The molecule has 1 aromatic heterocycles. The Balaban J connectivity index is 1.45. The van der Waals surface area contributed by atoms with Crippen molar-refractivity contribution in [3.63, 3.8) is 0 Å². The van der Waals surface area contributed by atoms with Gasteiger partial charge >= 0.3 is 6.09 Å². The first-order valence-corrected chi connectivity index (χ1v) is 13.0. The van der Waals surface area contributed by atoms with Gasteiger partial charge in [-0.25, -0.2) is 9.78 Å². The smallest absolute Gasteiger partial charge is 0.410 e. The molecule has 0 bridgehead atoms. The third-order valence-corrected chi connectivity index (χ3v) is 7.65. The molecule has 1 fully saturated rings. The maximum atomic E-state index is 13.9. The second-order valence-corrected chi connectivity index (χ2v) is 10.5. The summed E-state index contributed by atoms with van der Waals surface area (Å²) >= 11 is 6.65. The predicted octanol–water partition coefficient (Wildman–Crippen LogP) is 3.83. The summed E-state index contributed by atoms with van der Waals surface area (Å²) in [5, 5.41) is 9.82. The first-order valence-electron chi connectivity index (χ1n) is 12.6. The summed E-state index contributed by atoms with van der Waals surface area (Å²) < 4.78 is 7.60. The summed E-state index contributed by atoms with van der Waals surface area (Å²) in [5.74, 6) is 0.832. The SMILES string of the molecule is CC(C)OC(=O)N1CC2(C1)C(=O)N(Cc1nc3c(n1CCCCO)CCCC3)c1cccc(Cl)c12. The Kier molecular flexibility index (Phi) is 6.53. The van der Waals surface area contributed by atoms with Crippen molar-refractivity contribution in [2.24, 2.45) is 0 Å². The van der Waals surface area contributed by atoms with Crippen molar-refractivity contribution < 1.29 is 19.4 Å². The number of fused-ring (bicyclic) bond motifs is 3. The van der Waals surface area contributed by atoms with Gasteiger partial charge in [-0.05, 0) is 64.5 Å². The number of aryl methyl sites for hydroxylation is 1. The zero-order valence-corrected chi connectivity index (χ0v) is 21.2. The van der Waals surface area contributed by atoms with Crippen molar-refractivity contribution in [2.45, 2.75) is 77.0 Å². The molecule has 1 N–H and O–H groups in total. The van der Waals surface area contributed by atoms with Crippen molar-refractivity contribution >= 4 is 29.3 Å². The lowest BCUT2D eigenvalue weighted by Crippen LogP contribution is -2.65. The van der Waals surface area contributed by atoms with Crippen LogP contribution in [0.1, 0.15) is 62.3 Å². The summed E-state index contributed by atoms with van der Waals surface area (Å²) in [6, 6.07) is 5.60. The molecule has 5 rings (SSSR count). The van der Waals surface area contributed by atoms with Crippen LogP contribution in [0.3, 0.4) is 0 Å². The van der Waals surface area contributed by atoms with Gasteiger partial charge in [-0.15, -0.1) is 0 Å². The molecule has 1 aromatic carbocycles. The van der Waals surface area contributed by atoms with Crippen LogP contribution in [0, 0.1) is 0 Å². The molecule has 3 heterocycles. The number of hydrogen-bond acceptors (Lipinski definition) is 5. The minimum atomic E-state index is -0.850. The molecule has 188 valence electrons. The van der Waals surface area contributed by atoms with Gasteiger partial charge in [0.15, 0.2) is 0 Å². The van der Waals surface area contributed by atoms with Gasteiger partial charge in [0.2, 0.25) is 5.91 Å². The Labute approximate surface area is 210 Å². The number of anilines is 1. The first-order chi connectivity index (χ1) is 16.9. The number of carbonyl (C=O) groups is 2. The van der Waals surface area contributed by atoms with Gasteiger partial charge in [-0.2, -0.15) is 0 Å². The largest absolute Gasteiger partial charge is 0.447 e. The molecule has 35 heavy (non-hydrogen) atoms. The summed E-state index contributed by atoms with van der Waals surface area (Å²) in [6.45, 7) is 5.44. The van der Waals surface area contributed by atoms with Crippen molar-refractivity contribution in [1.29, 1.82) is 0 Å². The Hall–Kier alpha value is -2.58. The molecular formula is C26H33ClN4O4. The molecule has 8 nitrogen and oxygen atoms in total. The van der Waals surface area contributed by atoms with E-state index < -0.39 is 11.5 Å². The summed E-state index contributed by atoms with van der Waals surface area (Å²) in [7, 11) is 0. The second-order valence-electron chi connectivity index (χ2n) is 10.1. The van der Waals surface area contributed by atoms with Gasteiger partial charge < -0.3 is 24.2 Å². The average Bonchev–Trinajstić information content (AvgIpc) is 3.26. The third-order valence-electron chi connectivity index (χ3n) is 7.33. The second kappa shape index (κ2) is 9.47. The number of likely N-dealkylation sites (tertiary alicyclic amines) is 1. The van der Waals surface area contributed by atoms with Gasteiger partial charge in [-0.1, -0.05) is 17.7 Å². The average molecular weight is 501 g/mol. The number of aromatic nitrogens is 2.